The molecule has 2 aromatic rings. The monoisotopic (exact) mass is 354 g/mol. The number of nitrogens with one attached hydrogen (secondary N) is 2. The Hall–Kier alpha value is -3.15. The lowest BCUT2D eigenvalue weighted by Gasteiger charge is -2.11. The van der Waals surface area contributed by atoms with E-state index in [9.17, 15) is 14.4 Å². The number of ether oxygens (including phenoxy) is 1. The molecule has 6 heteroatoms. The highest BCUT2D eigenvalue weighted by molar-refractivity contribution is 6.43. The predicted molar refractivity (Wildman–Crippen MR) is 100 cm³/mol. The lowest BCUT2D eigenvalue weighted by molar-refractivity contribution is -0.133. The topological polar surface area (TPSA) is 84.5 Å². The van der Waals surface area contributed by atoms with Gasteiger partial charge in [0.05, 0.1) is 17.9 Å². The van der Waals surface area contributed by atoms with Crippen LogP contribution in [0.25, 0.3) is 0 Å². The Kier molecular flexibility index (Phi) is 6.91. The van der Waals surface area contributed by atoms with Crippen LogP contribution in [0.2, 0.25) is 0 Å². The molecular formula is C20H22N2O4. The van der Waals surface area contributed by atoms with Crippen molar-refractivity contribution < 1.29 is 19.1 Å². The fraction of sp³-hybridized carbons (Fsp3) is 0.250. The second-order valence-electron chi connectivity index (χ2n) is 5.81. The molecule has 0 atom stereocenters. The van der Waals surface area contributed by atoms with Gasteiger partial charge in [0.25, 0.3) is 0 Å². The summed E-state index contributed by atoms with van der Waals surface area (Å²) < 4.78 is 5.17. The maximum absolute atomic E-state index is 12.1. The molecule has 0 aliphatic heterocycles. The normalized spacial score (nSPS) is 10.1. The molecule has 0 spiro atoms. The molecule has 0 aliphatic carbocycles. The minimum Gasteiger partial charge on any atom is -0.462 e. The number of hydrogen-bond donors (Lipinski definition) is 2. The molecule has 0 fully saturated rings. The summed E-state index contributed by atoms with van der Waals surface area (Å²) in [6, 6.07) is 13.5. The quantitative estimate of drug-likeness (QED) is 0.472. The summed E-state index contributed by atoms with van der Waals surface area (Å²) in [5.74, 6) is -2.21. The van der Waals surface area contributed by atoms with Crippen LogP contribution in [0.1, 0.15) is 35.7 Å². The fourth-order valence-corrected chi connectivity index (χ4v) is 2.16. The van der Waals surface area contributed by atoms with Crippen molar-refractivity contribution in [3.8, 4) is 0 Å². The highest BCUT2D eigenvalue weighted by Gasteiger charge is 2.18. The number of rotatable bonds is 6. The first kappa shape index (κ1) is 19.2. The van der Waals surface area contributed by atoms with E-state index in [1.807, 2.05) is 26.0 Å². The van der Waals surface area contributed by atoms with Crippen molar-refractivity contribution in [1.82, 2.24) is 0 Å². The Bertz CT molecular complexity index is 785. The number of carbonyl (C=O) groups excluding carboxylic acids is 3. The third-order valence-corrected chi connectivity index (χ3v) is 3.64. The second-order valence-corrected chi connectivity index (χ2v) is 5.81. The molecule has 136 valence electrons. The Balaban J connectivity index is 2.02. The molecule has 2 aromatic carbocycles. The van der Waals surface area contributed by atoms with E-state index in [0.29, 0.717) is 12.3 Å². The van der Waals surface area contributed by atoms with E-state index in [0.717, 1.165) is 18.4 Å². The number of hydrogen-bond acceptors (Lipinski definition) is 4. The number of amides is 2. The van der Waals surface area contributed by atoms with Gasteiger partial charge in [0.2, 0.25) is 0 Å². The molecule has 0 saturated heterocycles. The van der Waals surface area contributed by atoms with Crippen LogP contribution in [0.4, 0.5) is 11.4 Å². The fourth-order valence-electron chi connectivity index (χ4n) is 2.16. The SMILES string of the molecule is CCCCOC(=O)c1ccccc1NC(=O)C(=O)Nc1ccc(C)cc1. The maximum atomic E-state index is 12.1. The smallest absolute Gasteiger partial charge is 0.340 e. The van der Waals surface area contributed by atoms with E-state index in [2.05, 4.69) is 10.6 Å². The minimum atomic E-state index is -0.862. The van der Waals surface area contributed by atoms with Gasteiger partial charge in [0.15, 0.2) is 0 Å². The Morgan fingerprint density at radius 2 is 1.58 bits per heavy atom. The maximum Gasteiger partial charge on any atom is 0.340 e. The van der Waals surface area contributed by atoms with Crippen LogP contribution in [0.3, 0.4) is 0 Å². The van der Waals surface area contributed by atoms with Crippen LogP contribution >= 0.6 is 0 Å². The van der Waals surface area contributed by atoms with Crippen LogP contribution in [0, 0.1) is 6.92 Å². The van der Waals surface area contributed by atoms with Crippen LogP contribution in [-0.4, -0.2) is 24.4 Å². The summed E-state index contributed by atoms with van der Waals surface area (Å²) in [5.41, 5.74) is 2.00. The lowest BCUT2D eigenvalue weighted by atomic mass is 10.1. The Labute approximate surface area is 152 Å². The van der Waals surface area contributed by atoms with Gasteiger partial charge >= 0.3 is 17.8 Å². The van der Waals surface area contributed by atoms with Gasteiger partial charge in [-0.05, 0) is 37.6 Å². The number of benzene rings is 2. The number of carbonyl (C=O) groups is 3. The lowest BCUT2D eigenvalue weighted by Crippen LogP contribution is -2.29. The zero-order chi connectivity index (χ0) is 18.9. The van der Waals surface area contributed by atoms with E-state index in [1.54, 1.807) is 36.4 Å². The van der Waals surface area contributed by atoms with E-state index >= 15 is 0 Å². The zero-order valence-corrected chi connectivity index (χ0v) is 14.9. The van der Waals surface area contributed by atoms with Crippen LogP contribution in [-0.2, 0) is 14.3 Å². The molecule has 26 heavy (non-hydrogen) atoms. The van der Waals surface area contributed by atoms with Gasteiger partial charge < -0.3 is 15.4 Å². The number of para-hydroxylation sites is 1. The average molecular weight is 354 g/mol. The van der Waals surface area contributed by atoms with Gasteiger partial charge in [0, 0.05) is 5.69 Å². The minimum absolute atomic E-state index is 0.208. The van der Waals surface area contributed by atoms with E-state index < -0.39 is 17.8 Å². The molecule has 2 amide bonds. The summed E-state index contributed by atoms with van der Waals surface area (Å²) in [5, 5.41) is 4.97. The number of unbranched alkanes of at least 4 members (excludes halogenated alkanes) is 1. The van der Waals surface area contributed by atoms with Crippen molar-refractivity contribution in [2.45, 2.75) is 26.7 Å². The third-order valence-electron chi connectivity index (χ3n) is 3.64. The number of esters is 1. The largest absolute Gasteiger partial charge is 0.462 e. The number of anilines is 2. The van der Waals surface area contributed by atoms with Crippen molar-refractivity contribution in [2.75, 3.05) is 17.2 Å². The standard InChI is InChI=1S/C20H22N2O4/c1-3-4-13-26-20(25)16-7-5-6-8-17(16)22-19(24)18(23)21-15-11-9-14(2)10-12-15/h5-12H,3-4,13H2,1-2H3,(H,21,23)(H,22,24). The Morgan fingerprint density at radius 1 is 0.923 bits per heavy atom. The first-order chi connectivity index (χ1) is 12.5. The molecule has 2 N–H and O–H groups in total. The van der Waals surface area contributed by atoms with Crippen LogP contribution < -0.4 is 10.6 Å². The molecule has 0 saturated carbocycles. The van der Waals surface area contributed by atoms with Crippen molar-refractivity contribution in [1.29, 1.82) is 0 Å². The summed E-state index contributed by atoms with van der Waals surface area (Å²) in [7, 11) is 0. The molecule has 6 nitrogen and oxygen atoms in total. The summed E-state index contributed by atoms with van der Waals surface area (Å²) >= 11 is 0. The molecule has 0 heterocycles. The van der Waals surface area contributed by atoms with Crippen molar-refractivity contribution in [3.63, 3.8) is 0 Å². The molecule has 2 rings (SSSR count). The van der Waals surface area contributed by atoms with E-state index in [-0.39, 0.29) is 11.3 Å². The first-order valence-corrected chi connectivity index (χ1v) is 8.46. The van der Waals surface area contributed by atoms with Crippen molar-refractivity contribution in [2.24, 2.45) is 0 Å². The average Bonchev–Trinajstić information content (AvgIpc) is 2.64. The van der Waals surface area contributed by atoms with Crippen molar-refractivity contribution in [3.05, 3.63) is 59.7 Å². The van der Waals surface area contributed by atoms with E-state index in [4.69, 9.17) is 4.74 Å². The van der Waals surface area contributed by atoms with Gasteiger partial charge in [-0.25, -0.2) is 4.79 Å². The van der Waals surface area contributed by atoms with Crippen LogP contribution in [0.15, 0.2) is 48.5 Å². The highest BCUT2D eigenvalue weighted by atomic mass is 16.5. The predicted octanol–water partition coefficient (Wildman–Crippen LogP) is 3.53. The first-order valence-electron chi connectivity index (χ1n) is 8.46. The number of aryl methyl sites for hydroxylation is 1. The van der Waals surface area contributed by atoms with Crippen molar-refractivity contribution >= 4 is 29.2 Å². The summed E-state index contributed by atoms with van der Waals surface area (Å²) in [6.07, 6.45) is 1.67. The highest BCUT2D eigenvalue weighted by Crippen LogP contribution is 2.17. The Morgan fingerprint density at radius 3 is 2.27 bits per heavy atom. The summed E-state index contributed by atoms with van der Waals surface area (Å²) in [6.45, 7) is 4.23. The van der Waals surface area contributed by atoms with E-state index in [1.165, 1.54) is 0 Å². The van der Waals surface area contributed by atoms with Gasteiger partial charge in [-0.3, -0.25) is 9.59 Å². The molecular weight excluding hydrogens is 332 g/mol. The molecule has 0 aliphatic rings. The van der Waals surface area contributed by atoms with Gasteiger partial charge in [-0.15, -0.1) is 0 Å². The molecule has 0 aromatic heterocycles. The molecule has 0 bridgehead atoms. The zero-order valence-electron chi connectivity index (χ0n) is 14.9. The van der Waals surface area contributed by atoms with Gasteiger partial charge in [-0.1, -0.05) is 43.2 Å². The molecule has 0 radical (unpaired) electrons. The van der Waals surface area contributed by atoms with Crippen LogP contribution in [0.5, 0.6) is 0 Å². The molecule has 0 unspecified atom stereocenters. The van der Waals surface area contributed by atoms with Gasteiger partial charge in [-0.2, -0.15) is 0 Å². The third kappa shape index (κ3) is 5.44. The van der Waals surface area contributed by atoms with Gasteiger partial charge in [0.1, 0.15) is 0 Å². The second kappa shape index (κ2) is 9.36. The summed E-state index contributed by atoms with van der Waals surface area (Å²) in [4.78, 5) is 36.3.